The summed E-state index contributed by atoms with van der Waals surface area (Å²) in [7, 11) is 0. The fourth-order valence-electron chi connectivity index (χ4n) is 1.99. The molecule has 1 aromatic heterocycles. The third-order valence-corrected chi connectivity index (χ3v) is 3.23. The number of halogens is 1. The van der Waals surface area contributed by atoms with Crippen LogP contribution in [-0.2, 0) is 6.54 Å². The van der Waals surface area contributed by atoms with Gasteiger partial charge < -0.3 is 10.1 Å². The maximum atomic E-state index is 14.4. The molecule has 0 radical (unpaired) electrons. The van der Waals surface area contributed by atoms with Crippen LogP contribution in [0.25, 0.3) is 0 Å². The molecule has 0 aliphatic rings. The summed E-state index contributed by atoms with van der Waals surface area (Å²) in [4.78, 5) is 4.01. The van der Waals surface area contributed by atoms with Crippen LogP contribution in [0.2, 0.25) is 0 Å². The van der Waals surface area contributed by atoms with Crippen LogP contribution in [0.15, 0.2) is 30.5 Å². The molecule has 0 aliphatic carbocycles. The Morgan fingerprint density at radius 2 is 2.05 bits per heavy atom. The number of rotatable bonds is 6. The summed E-state index contributed by atoms with van der Waals surface area (Å²) in [5.74, 6) is 0.265. The van der Waals surface area contributed by atoms with E-state index >= 15 is 0 Å². The number of benzene rings is 1. The lowest BCUT2D eigenvalue weighted by molar-refractivity contribution is 0.415. The highest BCUT2D eigenvalue weighted by Crippen LogP contribution is 2.27. The number of nitrogens with one attached hydrogen (secondary N) is 1. The van der Waals surface area contributed by atoms with E-state index in [1.165, 1.54) is 0 Å². The second-order valence-corrected chi connectivity index (χ2v) is 5.14. The molecule has 1 aromatic carbocycles. The smallest absolute Gasteiger partial charge is 0.256 e. The maximum absolute atomic E-state index is 14.4. The van der Waals surface area contributed by atoms with Gasteiger partial charge in [0.1, 0.15) is 5.75 Å². The highest BCUT2D eigenvalue weighted by molar-refractivity contribution is 5.39. The van der Waals surface area contributed by atoms with E-state index in [0.29, 0.717) is 17.9 Å². The summed E-state index contributed by atoms with van der Waals surface area (Å²) < 4.78 is 20.0. The minimum atomic E-state index is -0.401. The van der Waals surface area contributed by atoms with Gasteiger partial charge in [-0.3, -0.25) is 0 Å². The molecule has 3 nitrogen and oxygen atoms in total. The molecule has 0 saturated carbocycles. The van der Waals surface area contributed by atoms with E-state index in [0.717, 1.165) is 24.1 Å². The van der Waals surface area contributed by atoms with Crippen molar-refractivity contribution in [1.29, 1.82) is 0 Å². The quantitative estimate of drug-likeness (QED) is 0.812. The maximum Gasteiger partial charge on any atom is 0.256 e. The molecule has 0 atom stereocenters. The molecular formula is C17H21FN2O. The number of aryl methyl sites for hydroxylation is 2. The molecule has 0 bridgehead atoms. The van der Waals surface area contributed by atoms with Crippen molar-refractivity contribution in [3.63, 3.8) is 0 Å². The van der Waals surface area contributed by atoms with Crippen molar-refractivity contribution in [3.8, 4) is 11.6 Å². The van der Waals surface area contributed by atoms with E-state index in [9.17, 15) is 4.39 Å². The van der Waals surface area contributed by atoms with Gasteiger partial charge in [-0.2, -0.15) is 0 Å². The van der Waals surface area contributed by atoms with E-state index in [2.05, 4.69) is 17.2 Å². The van der Waals surface area contributed by atoms with Gasteiger partial charge in [-0.1, -0.05) is 19.1 Å². The molecule has 21 heavy (non-hydrogen) atoms. The molecule has 0 unspecified atom stereocenters. The van der Waals surface area contributed by atoms with Crippen molar-refractivity contribution in [2.24, 2.45) is 0 Å². The topological polar surface area (TPSA) is 34.2 Å². The second kappa shape index (κ2) is 7.18. The molecule has 0 spiro atoms. The van der Waals surface area contributed by atoms with Crippen LogP contribution in [0, 0.1) is 19.7 Å². The summed E-state index contributed by atoms with van der Waals surface area (Å²) >= 11 is 0. The van der Waals surface area contributed by atoms with Crippen molar-refractivity contribution >= 4 is 0 Å². The van der Waals surface area contributed by atoms with E-state index in [-0.39, 0.29) is 5.88 Å². The van der Waals surface area contributed by atoms with Crippen LogP contribution in [0.5, 0.6) is 11.6 Å². The first-order valence-corrected chi connectivity index (χ1v) is 7.21. The Morgan fingerprint density at radius 3 is 2.81 bits per heavy atom. The summed E-state index contributed by atoms with van der Waals surface area (Å²) in [6.07, 6.45) is 2.59. The average Bonchev–Trinajstić information content (AvgIpc) is 2.47. The minimum absolute atomic E-state index is 0.0273. The number of hydrogen-bond acceptors (Lipinski definition) is 3. The van der Waals surface area contributed by atoms with Crippen LogP contribution in [0.4, 0.5) is 4.39 Å². The van der Waals surface area contributed by atoms with Crippen LogP contribution < -0.4 is 10.1 Å². The van der Waals surface area contributed by atoms with Crippen molar-refractivity contribution in [3.05, 3.63) is 53.0 Å². The van der Waals surface area contributed by atoms with Gasteiger partial charge in [0.15, 0.2) is 5.82 Å². The average molecular weight is 288 g/mol. The third-order valence-electron chi connectivity index (χ3n) is 3.23. The minimum Gasteiger partial charge on any atom is -0.436 e. The standard InChI is InChI=1S/C17H21FN2O/c1-4-8-19-11-14-7-9-20-17(16(14)18)21-15-10-12(2)5-6-13(15)3/h5-7,9-10,19H,4,8,11H2,1-3H3. The Labute approximate surface area is 125 Å². The number of ether oxygens (including phenoxy) is 1. The Kier molecular flexibility index (Phi) is 5.28. The van der Waals surface area contributed by atoms with Crippen molar-refractivity contribution < 1.29 is 9.13 Å². The lowest BCUT2D eigenvalue weighted by atomic mass is 10.1. The highest BCUT2D eigenvalue weighted by Gasteiger charge is 2.12. The Balaban J connectivity index is 2.20. The molecule has 0 amide bonds. The molecule has 2 aromatic rings. The lowest BCUT2D eigenvalue weighted by Gasteiger charge is -2.11. The summed E-state index contributed by atoms with van der Waals surface area (Å²) in [6, 6.07) is 7.51. The first kappa shape index (κ1) is 15.4. The first-order valence-electron chi connectivity index (χ1n) is 7.21. The molecule has 4 heteroatoms. The molecule has 0 aliphatic heterocycles. The van der Waals surface area contributed by atoms with Crippen LogP contribution in [-0.4, -0.2) is 11.5 Å². The van der Waals surface area contributed by atoms with Gasteiger partial charge in [-0.25, -0.2) is 9.37 Å². The molecule has 1 N–H and O–H groups in total. The predicted octanol–water partition coefficient (Wildman–Crippen LogP) is 4.13. The third kappa shape index (κ3) is 4.02. The van der Waals surface area contributed by atoms with Crippen molar-refractivity contribution in [2.45, 2.75) is 33.7 Å². The normalized spacial score (nSPS) is 10.7. The molecule has 1 heterocycles. The summed E-state index contributed by atoms with van der Waals surface area (Å²) in [5, 5.41) is 3.18. The van der Waals surface area contributed by atoms with E-state index in [4.69, 9.17) is 4.74 Å². The van der Waals surface area contributed by atoms with Crippen LogP contribution in [0.3, 0.4) is 0 Å². The van der Waals surface area contributed by atoms with Crippen molar-refractivity contribution in [1.82, 2.24) is 10.3 Å². The van der Waals surface area contributed by atoms with E-state index in [1.54, 1.807) is 12.3 Å². The fraction of sp³-hybridized carbons (Fsp3) is 0.353. The number of nitrogens with zero attached hydrogens (tertiary/aromatic N) is 1. The second-order valence-electron chi connectivity index (χ2n) is 5.14. The van der Waals surface area contributed by atoms with Gasteiger partial charge in [0.25, 0.3) is 5.88 Å². The monoisotopic (exact) mass is 288 g/mol. The SMILES string of the molecule is CCCNCc1ccnc(Oc2cc(C)ccc2C)c1F. The van der Waals surface area contributed by atoms with Crippen LogP contribution >= 0.6 is 0 Å². The number of hydrogen-bond donors (Lipinski definition) is 1. The molecular weight excluding hydrogens is 267 g/mol. The first-order chi connectivity index (χ1) is 10.1. The largest absolute Gasteiger partial charge is 0.436 e. The van der Waals surface area contributed by atoms with E-state index < -0.39 is 5.82 Å². The summed E-state index contributed by atoms with van der Waals surface area (Å²) in [5.41, 5.74) is 2.59. The Morgan fingerprint density at radius 1 is 1.24 bits per heavy atom. The number of pyridine rings is 1. The van der Waals surface area contributed by atoms with Gasteiger partial charge in [-0.05, 0) is 50.1 Å². The van der Waals surface area contributed by atoms with Gasteiger partial charge >= 0.3 is 0 Å². The van der Waals surface area contributed by atoms with E-state index in [1.807, 2.05) is 32.0 Å². The molecule has 112 valence electrons. The molecule has 0 fully saturated rings. The van der Waals surface area contributed by atoms with Crippen LogP contribution in [0.1, 0.15) is 30.0 Å². The highest BCUT2D eigenvalue weighted by atomic mass is 19.1. The summed E-state index contributed by atoms with van der Waals surface area (Å²) in [6.45, 7) is 7.31. The lowest BCUT2D eigenvalue weighted by Crippen LogP contribution is -2.15. The predicted molar refractivity (Wildman–Crippen MR) is 82.2 cm³/mol. The molecule has 2 rings (SSSR count). The number of aromatic nitrogens is 1. The zero-order valence-electron chi connectivity index (χ0n) is 12.7. The van der Waals surface area contributed by atoms with Crippen molar-refractivity contribution in [2.75, 3.05) is 6.54 Å². The Bertz CT molecular complexity index is 614. The van der Waals surface area contributed by atoms with Gasteiger partial charge in [0, 0.05) is 18.3 Å². The van der Waals surface area contributed by atoms with Gasteiger partial charge in [0.05, 0.1) is 0 Å². The zero-order valence-corrected chi connectivity index (χ0v) is 12.7. The van der Waals surface area contributed by atoms with Gasteiger partial charge in [-0.15, -0.1) is 0 Å². The molecule has 0 saturated heterocycles. The zero-order chi connectivity index (χ0) is 15.2. The Hall–Kier alpha value is -1.94. The fourth-order valence-corrected chi connectivity index (χ4v) is 1.99. The van der Waals surface area contributed by atoms with Gasteiger partial charge in [0.2, 0.25) is 0 Å².